The van der Waals surface area contributed by atoms with Crippen LogP contribution >= 0.6 is 39.7 Å². The van der Waals surface area contributed by atoms with E-state index in [0.717, 1.165) is 10.2 Å². The summed E-state index contributed by atoms with van der Waals surface area (Å²) in [6, 6.07) is 12.3. The zero-order chi connectivity index (χ0) is 16.8. The van der Waals surface area contributed by atoms with Gasteiger partial charge in [0.15, 0.2) is 5.11 Å². The van der Waals surface area contributed by atoms with Gasteiger partial charge in [0.1, 0.15) is 5.75 Å². The summed E-state index contributed by atoms with van der Waals surface area (Å²) in [6.45, 7) is 2.37. The highest BCUT2D eigenvalue weighted by Gasteiger charge is 2.11. The lowest BCUT2D eigenvalue weighted by molar-refractivity contribution is 0.0977. The average Bonchev–Trinajstić information content (AvgIpc) is 2.51. The maximum absolute atomic E-state index is 12.2. The maximum atomic E-state index is 12.2. The predicted molar refractivity (Wildman–Crippen MR) is 100 cm³/mol. The van der Waals surface area contributed by atoms with E-state index in [2.05, 4.69) is 26.6 Å². The molecule has 0 atom stereocenters. The first kappa shape index (κ1) is 17.7. The number of carbonyl (C=O) groups excluding carboxylic acids is 1. The number of thiocarbonyl (C=S) groups is 1. The van der Waals surface area contributed by atoms with Gasteiger partial charge in [0.05, 0.1) is 11.6 Å². The number of benzene rings is 2. The van der Waals surface area contributed by atoms with Crippen LogP contribution in [0.2, 0.25) is 5.02 Å². The molecule has 0 saturated heterocycles. The monoisotopic (exact) mass is 412 g/mol. The number of rotatable bonds is 4. The summed E-state index contributed by atoms with van der Waals surface area (Å²) >= 11 is 14.6. The quantitative estimate of drug-likeness (QED) is 0.718. The van der Waals surface area contributed by atoms with Crippen LogP contribution in [0.4, 0.5) is 5.69 Å². The van der Waals surface area contributed by atoms with Crippen LogP contribution < -0.4 is 15.4 Å². The average molecular weight is 414 g/mol. The Bertz CT molecular complexity index is 723. The Morgan fingerprint density at radius 2 is 1.96 bits per heavy atom. The van der Waals surface area contributed by atoms with Crippen molar-refractivity contribution in [1.29, 1.82) is 0 Å². The minimum atomic E-state index is -0.343. The van der Waals surface area contributed by atoms with Crippen molar-refractivity contribution in [2.45, 2.75) is 6.92 Å². The number of amides is 1. The molecule has 1 amide bonds. The lowest BCUT2D eigenvalue weighted by atomic mass is 10.2. The van der Waals surface area contributed by atoms with Gasteiger partial charge in [-0.1, -0.05) is 27.5 Å². The molecule has 0 aliphatic rings. The number of ether oxygens (including phenoxy) is 1. The Balaban J connectivity index is 1.99. The topological polar surface area (TPSA) is 50.4 Å². The van der Waals surface area contributed by atoms with Crippen molar-refractivity contribution in [2.24, 2.45) is 0 Å². The third-order valence-electron chi connectivity index (χ3n) is 2.82. The summed E-state index contributed by atoms with van der Waals surface area (Å²) in [5.41, 5.74) is 1.18. The van der Waals surface area contributed by atoms with E-state index in [-0.39, 0.29) is 11.0 Å². The van der Waals surface area contributed by atoms with E-state index in [4.69, 9.17) is 28.6 Å². The Labute approximate surface area is 153 Å². The van der Waals surface area contributed by atoms with Crippen LogP contribution in [0.15, 0.2) is 46.9 Å². The van der Waals surface area contributed by atoms with Gasteiger partial charge in [-0.05, 0) is 61.6 Å². The van der Waals surface area contributed by atoms with Crippen LogP contribution in [0.1, 0.15) is 17.3 Å². The van der Waals surface area contributed by atoms with Crippen LogP contribution in [0.3, 0.4) is 0 Å². The molecule has 0 bridgehead atoms. The van der Waals surface area contributed by atoms with Gasteiger partial charge in [-0.3, -0.25) is 10.1 Å². The fourth-order valence-electron chi connectivity index (χ4n) is 1.79. The number of anilines is 1. The number of carbonyl (C=O) groups is 1. The fraction of sp³-hybridized carbons (Fsp3) is 0.125. The van der Waals surface area contributed by atoms with Gasteiger partial charge >= 0.3 is 0 Å². The van der Waals surface area contributed by atoms with Gasteiger partial charge in [0.2, 0.25) is 0 Å². The lowest BCUT2D eigenvalue weighted by Gasteiger charge is -2.11. The van der Waals surface area contributed by atoms with E-state index in [0.29, 0.717) is 22.9 Å². The predicted octanol–water partition coefficient (Wildman–Crippen LogP) is 4.63. The molecule has 2 rings (SSSR count). The normalized spacial score (nSPS) is 10.0. The summed E-state index contributed by atoms with van der Waals surface area (Å²) in [6.07, 6.45) is 0. The zero-order valence-electron chi connectivity index (χ0n) is 12.2. The molecule has 2 aromatic carbocycles. The van der Waals surface area contributed by atoms with E-state index < -0.39 is 0 Å². The Kier molecular flexibility index (Phi) is 6.38. The molecule has 0 spiro atoms. The molecule has 120 valence electrons. The Morgan fingerprint density at radius 1 is 1.26 bits per heavy atom. The summed E-state index contributed by atoms with van der Waals surface area (Å²) in [5.74, 6) is 0.200. The molecule has 0 saturated carbocycles. The second kappa shape index (κ2) is 8.29. The molecule has 0 aliphatic carbocycles. The maximum Gasteiger partial charge on any atom is 0.257 e. The standard InChI is InChI=1S/C16H14BrClN2O2S/c1-2-22-14-8-3-10(9-13(14)18)15(21)20-16(23)19-12-6-4-11(17)5-7-12/h3-9H,2H2,1H3,(H2,19,20,21,23). The van der Waals surface area contributed by atoms with E-state index in [1.807, 2.05) is 31.2 Å². The first-order valence-electron chi connectivity index (χ1n) is 6.80. The molecule has 23 heavy (non-hydrogen) atoms. The molecular weight excluding hydrogens is 400 g/mol. The van der Waals surface area contributed by atoms with E-state index in [1.165, 1.54) is 0 Å². The Hall–Kier alpha value is -1.63. The Morgan fingerprint density at radius 3 is 2.57 bits per heavy atom. The van der Waals surface area contributed by atoms with Crippen molar-refractivity contribution >= 4 is 56.5 Å². The number of nitrogens with one attached hydrogen (secondary N) is 2. The minimum Gasteiger partial charge on any atom is -0.492 e. The molecule has 0 aliphatic heterocycles. The van der Waals surface area contributed by atoms with Crippen LogP contribution in [-0.2, 0) is 0 Å². The molecule has 0 fully saturated rings. The molecule has 0 radical (unpaired) electrons. The highest BCUT2D eigenvalue weighted by atomic mass is 79.9. The highest BCUT2D eigenvalue weighted by molar-refractivity contribution is 9.10. The molecule has 0 unspecified atom stereocenters. The van der Waals surface area contributed by atoms with Gasteiger partial charge in [0, 0.05) is 15.7 Å². The third kappa shape index (κ3) is 5.20. The van der Waals surface area contributed by atoms with Crippen LogP contribution in [0.5, 0.6) is 5.75 Å². The van der Waals surface area contributed by atoms with Gasteiger partial charge in [-0.15, -0.1) is 0 Å². The highest BCUT2D eigenvalue weighted by Crippen LogP contribution is 2.25. The summed E-state index contributed by atoms with van der Waals surface area (Å²) < 4.78 is 6.30. The van der Waals surface area contributed by atoms with Crippen LogP contribution in [0, 0.1) is 0 Å². The second-order valence-corrected chi connectivity index (χ2v) is 6.22. The van der Waals surface area contributed by atoms with Crippen molar-refractivity contribution in [3.63, 3.8) is 0 Å². The number of hydrogen-bond acceptors (Lipinski definition) is 3. The van der Waals surface area contributed by atoms with Crippen LogP contribution in [-0.4, -0.2) is 17.6 Å². The van der Waals surface area contributed by atoms with Crippen molar-refractivity contribution < 1.29 is 9.53 Å². The summed E-state index contributed by atoms with van der Waals surface area (Å²) in [4.78, 5) is 12.2. The van der Waals surface area contributed by atoms with Gasteiger partial charge < -0.3 is 10.1 Å². The van der Waals surface area contributed by atoms with E-state index in [9.17, 15) is 4.79 Å². The second-order valence-electron chi connectivity index (χ2n) is 4.49. The SMILES string of the molecule is CCOc1ccc(C(=O)NC(=S)Nc2ccc(Br)cc2)cc1Cl. The van der Waals surface area contributed by atoms with Crippen molar-refractivity contribution in [1.82, 2.24) is 5.32 Å². The molecule has 2 N–H and O–H groups in total. The largest absolute Gasteiger partial charge is 0.492 e. The van der Waals surface area contributed by atoms with Crippen molar-refractivity contribution in [2.75, 3.05) is 11.9 Å². The molecule has 0 aromatic heterocycles. The zero-order valence-corrected chi connectivity index (χ0v) is 15.4. The summed E-state index contributed by atoms with van der Waals surface area (Å²) in [5, 5.41) is 6.14. The third-order valence-corrected chi connectivity index (χ3v) is 3.85. The summed E-state index contributed by atoms with van der Waals surface area (Å²) in [7, 11) is 0. The van der Waals surface area contributed by atoms with Gasteiger partial charge in [-0.2, -0.15) is 0 Å². The van der Waals surface area contributed by atoms with Gasteiger partial charge in [-0.25, -0.2) is 0 Å². The fourth-order valence-corrected chi connectivity index (χ4v) is 2.50. The lowest BCUT2D eigenvalue weighted by Crippen LogP contribution is -2.34. The minimum absolute atomic E-state index is 0.210. The first-order valence-corrected chi connectivity index (χ1v) is 8.37. The van der Waals surface area contributed by atoms with Gasteiger partial charge in [0.25, 0.3) is 5.91 Å². The number of halogens is 2. The molecule has 0 heterocycles. The van der Waals surface area contributed by atoms with E-state index in [1.54, 1.807) is 18.2 Å². The van der Waals surface area contributed by atoms with Crippen LogP contribution in [0.25, 0.3) is 0 Å². The smallest absolute Gasteiger partial charge is 0.257 e. The molecule has 2 aromatic rings. The molecule has 7 heteroatoms. The molecular formula is C16H14BrClN2O2S. The molecule has 4 nitrogen and oxygen atoms in total. The first-order chi connectivity index (χ1) is 11.0. The van der Waals surface area contributed by atoms with Crippen molar-refractivity contribution in [3.05, 3.63) is 57.5 Å². The van der Waals surface area contributed by atoms with E-state index >= 15 is 0 Å². The number of hydrogen-bond donors (Lipinski definition) is 2. The van der Waals surface area contributed by atoms with Crippen molar-refractivity contribution in [3.8, 4) is 5.75 Å².